The molecule has 0 unspecified atom stereocenters. The lowest BCUT2D eigenvalue weighted by atomic mass is 9.96. The fourth-order valence-corrected chi connectivity index (χ4v) is 2.07. The molecule has 18 heavy (non-hydrogen) atoms. The minimum Gasteiger partial charge on any atom is -0.289 e. The first-order valence-corrected chi connectivity index (χ1v) is 5.94. The SMILES string of the molecule is Cc1cccc(C(=O)c2ccc(F)cc2Cl)c1C. The third-order valence-electron chi connectivity index (χ3n) is 3.03. The highest BCUT2D eigenvalue weighted by molar-refractivity contribution is 6.35. The molecule has 2 aromatic rings. The summed E-state index contributed by atoms with van der Waals surface area (Å²) in [5.74, 6) is -0.626. The summed E-state index contributed by atoms with van der Waals surface area (Å²) >= 11 is 5.91. The summed E-state index contributed by atoms with van der Waals surface area (Å²) in [4.78, 5) is 12.3. The van der Waals surface area contributed by atoms with Gasteiger partial charge in [-0.15, -0.1) is 0 Å². The second-order valence-corrected chi connectivity index (χ2v) is 4.61. The van der Waals surface area contributed by atoms with E-state index in [0.717, 1.165) is 17.2 Å². The molecule has 3 heteroatoms. The molecular formula is C15H12ClFO. The summed E-state index contributed by atoms with van der Waals surface area (Å²) < 4.78 is 13.0. The third kappa shape index (κ3) is 2.29. The number of halogens is 2. The number of benzene rings is 2. The summed E-state index contributed by atoms with van der Waals surface area (Å²) in [7, 11) is 0. The van der Waals surface area contributed by atoms with Crippen LogP contribution in [0, 0.1) is 19.7 Å². The topological polar surface area (TPSA) is 17.1 Å². The zero-order valence-electron chi connectivity index (χ0n) is 10.1. The van der Waals surface area contributed by atoms with Crippen LogP contribution in [0.15, 0.2) is 36.4 Å². The summed E-state index contributed by atoms with van der Waals surface area (Å²) in [6.07, 6.45) is 0. The molecule has 1 nitrogen and oxygen atoms in total. The molecule has 2 aromatic carbocycles. The van der Waals surface area contributed by atoms with Gasteiger partial charge in [-0.3, -0.25) is 4.79 Å². The van der Waals surface area contributed by atoms with E-state index in [9.17, 15) is 9.18 Å². The minimum absolute atomic E-state index is 0.140. The van der Waals surface area contributed by atoms with Crippen molar-refractivity contribution in [2.75, 3.05) is 0 Å². The van der Waals surface area contributed by atoms with Gasteiger partial charge < -0.3 is 0 Å². The van der Waals surface area contributed by atoms with Gasteiger partial charge in [0, 0.05) is 11.1 Å². The van der Waals surface area contributed by atoms with Gasteiger partial charge >= 0.3 is 0 Å². The molecule has 0 bridgehead atoms. The van der Waals surface area contributed by atoms with Crippen molar-refractivity contribution in [2.45, 2.75) is 13.8 Å². The second-order valence-electron chi connectivity index (χ2n) is 4.20. The maximum atomic E-state index is 13.0. The monoisotopic (exact) mass is 262 g/mol. The molecule has 2 rings (SSSR count). The summed E-state index contributed by atoms with van der Waals surface area (Å²) in [6, 6.07) is 9.33. The van der Waals surface area contributed by atoms with Crippen molar-refractivity contribution in [3.63, 3.8) is 0 Å². The smallest absolute Gasteiger partial charge is 0.194 e. The zero-order valence-corrected chi connectivity index (χ0v) is 10.9. The van der Waals surface area contributed by atoms with Gasteiger partial charge in [-0.2, -0.15) is 0 Å². The number of hydrogen-bond donors (Lipinski definition) is 0. The van der Waals surface area contributed by atoms with Gasteiger partial charge in [-0.1, -0.05) is 29.8 Å². The van der Waals surface area contributed by atoms with Crippen molar-refractivity contribution < 1.29 is 9.18 Å². The molecule has 92 valence electrons. The predicted molar refractivity (Wildman–Crippen MR) is 70.8 cm³/mol. The van der Waals surface area contributed by atoms with Crippen LogP contribution in [0.3, 0.4) is 0 Å². The largest absolute Gasteiger partial charge is 0.289 e. The van der Waals surface area contributed by atoms with E-state index in [1.54, 1.807) is 6.07 Å². The van der Waals surface area contributed by atoms with Crippen molar-refractivity contribution in [1.29, 1.82) is 0 Å². The van der Waals surface area contributed by atoms with E-state index < -0.39 is 5.82 Å². The first-order chi connectivity index (χ1) is 8.50. The van der Waals surface area contributed by atoms with Gasteiger partial charge in [0.25, 0.3) is 0 Å². The number of carbonyl (C=O) groups is 1. The maximum absolute atomic E-state index is 13.0. The van der Waals surface area contributed by atoms with Gasteiger partial charge in [0.2, 0.25) is 0 Å². The van der Waals surface area contributed by atoms with E-state index in [1.807, 2.05) is 26.0 Å². The van der Waals surface area contributed by atoms with Gasteiger partial charge in [0.1, 0.15) is 5.82 Å². The Kier molecular flexibility index (Phi) is 3.48. The lowest BCUT2D eigenvalue weighted by molar-refractivity contribution is 0.103. The Morgan fingerprint density at radius 2 is 1.83 bits per heavy atom. The molecule has 0 heterocycles. The third-order valence-corrected chi connectivity index (χ3v) is 3.34. The Morgan fingerprint density at radius 3 is 2.50 bits per heavy atom. The van der Waals surface area contributed by atoms with Gasteiger partial charge in [0.05, 0.1) is 5.02 Å². The fraction of sp³-hybridized carbons (Fsp3) is 0.133. The number of hydrogen-bond acceptors (Lipinski definition) is 1. The van der Waals surface area contributed by atoms with Crippen molar-refractivity contribution in [1.82, 2.24) is 0 Å². The Balaban J connectivity index is 2.51. The average molecular weight is 263 g/mol. The Hall–Kier alpha value is -1.67. The molecule has 0 aliphatic rings. The van der Waals surface area contributed by atoms with Crippen molar-refractivity contribution >= 4 is 17.4 Å². The molecule has 0 saturated carbocycles. The van der Waals surface area contributed by atoms with E-state index in [2.05, 4.69) is 0 Å². The minimum atomic E-state index is -0.447. The van der Waals surface area contributed by atoms with E-state index in [-0.39, 0.29) is 10.8 Å². The highest BCUT2D eigenvalue weighted by Crippen LogP contribution is 2.23. The molecule has 0 fully saturated rings. The quantitative estimate of drug-likeness (QED) is 0.737. The number of rotatable bonds is 2. The second kappa shape index (κ2) is 4.91. The number of aryl methyl sites for hydroxylation is 1. The van der Waals surface area contributed by atoms with Crippen LogP contribution in [-0.4, -0.2) is 5.78 Å². The van der Waals surface area contributed by atoms with Crippen LogP contribution in [0.4, 0.5) is 4.39 Å². The van der Waals surface area contributed by atoms with Crippen LogP contribution in [-0.2, 0) is 0 Å². The molecular weight excluding hydrogens is 251 g/mol. The molecule has 0 atom stereocenters. The number of ketones is 1. The van der Waals surface area contributed by atoms with E-state index in [4.69, 9.17) is 11.6 Å². The summed E-state index contributed by atoms with van der Waals surface area (Å²) in [5.41, 5.74) is 2.89. The van der Waals surface area contributed by atoms with Gasteiger partial charge in [-0.25, -0.2) is 4.39 Å². The number of carbonyl (C=O) groups excluding carboxylic acids is 1. The van der Waals surface area contributed by atoms with Crippen LogP contribution >= 0.6 is 11.6 Å². The van der Waals surface area contributed by atoms with Crippen molar-refractivity contribution in [3.8, 4) is 0 Å². The van der Waals surface area contributed by atoms with E-state index in [0.29, 0.717) is 11.1 Å². The highest BCUT2D eigenvalue weighted by Gasteiger charge is 2.15. The Bertz CT molecular complexity index is 620. The molecule has 0 aromatic heterocycles. The first-order valence-electron chi connectivity index (χ1n) is 5.56. The molecule has 0 aliphatic heterocycles. The van der Waals surface area contributed by atoms with Crippen molar-refractivity contribution in [3.05, 3.63) is 69.5 Å². The van der Waals surface area contributed by atoms with Crippen LogP contribution in [0.1, 0.15) is 27.0 Å². The highest BCUT2D eigenvalue weighted by atomic mass is 35.5. The van der Waals surface area contributed by atoms with Crippen molar-refractivity contribution in [2.24, 2.45) is 0 Å². The molecule has 0 radical (unpaired) electrons. The van der Waals surface area contributed by atoms with Gasteiger partial charge in [0.15, 0.2) is 5.78 Å². The lowest BCUT2D eigenvalue weighted by Crippen LogP contribution is -2.05. The molecule has 0 aliphatic carbocycles. The van der Waals surface area contributed by atoms with Gasteiger partial charge in [-0.05, 0) is 43.2 Å². The van der Waals surface area contributed by atoms with E-state index >= 15 is 0 Å². The zero-order chi connectivity index (χ0) is 13.3. The summed E-state index contributed by atoms with van der Waals surface area (Å²) in [6.45, 7) is 3.83. The molecule has 0 N–H and O–H groups in total. The van der Waals surface area contributed by atoms with Crippen LogP contribution in [0.25, 0.3) is 0 Å². The normalized spacial score (nSPS) is 10.4. The standard InChI is InChI=1S/C15H12ClFO/c1-9-4-3-5-12(10(9)2)15(18)13-7-6-11(17)8-14(13)16/h3-8H,1-2H3. The van der Waals surface area contributed by atoms with Crippen LogP contribution in [0.5, 0.6) is 0 Å². The molecule has 0 saturated heterocycles. The maximum Gasteiger partial charge on any atom is 0.194 e. The Labute approximate surface area is 110 Å². The van der Waals surface area contributed by atoms with E-state index in [1.165, 1.54) is 12.1 Å². The van der Waals surface area contributed by atoms with Crippen LogP contribution in [0.2, 0.25) is 5.02 Å². The average Bonchev–Trinajstić information content (AvgIpc) is 2.32. The summed E-state index contributed by atoms with van der Waals surface area (Å²) in [5, 5.41) is 0.140. The molecule has 0 spiro atoms. The predicted octanol–water partition coefficient (Wildman–Crippen LogP) is 4.33. The first kappa shape index (κ1) is 12.8. The Morgan fingerprint density at radius 1 is 1.11 bits per heavy atom. The lowest BCUT2D eigenvalue weighted by Gasteiger charge is -2.08. The van der Waals surface area contributed by atoms with Crippen LogP contribution < -0.4 is 0 Å². The fourth-order valence-electron chi connectivity index (χ4n) is 1.82. The molecule has 0 amide bonds.